The summed E-state index contributed by atoms with van der Waals surface area (Å²) in [7, 11) is 1.66. The number of para-hydroxylation sites is 2. The lowest BCUT2D eigenvalue weighted by Gasteiger charge is -2.20. The molecule has 0 fully saturated rings. The van der Waals surface area contributed by atoms with Gasteiger partial charge in [0.25, 0.3) is 0 Å². The summed E-state index contributed by atoms with van der Waals surface area (Å²) in [6, 6.07) is 7.78. The van der Waals surface area contributed by atoms with Gasteiger partial charge in [-0.1, -0.05) is 12.1 Å². The molecule has 0 radical (unpaired) electrons. The molecule has 1 aromatic heterocycles. The lowest BCUT2D eigenvalue weighted by Crippen LogP contribution is -2.35. The molecule has 1 N–H and O–H groups in total. The van der Waals surface area contributed by atoms with Gasteiger partial charge in [0.15, 0.2) is 0 Å². The summed E-state index contributed by atoms with van der Waals surface area (Å²) >= 11 is 0. The maximum absolute atomic E-state index is 5.36. The molecule has 0 aliphatic heterocycles. The topological polar surface area (TPSA) is 52.0 Å². The lowest BCUT2D eigenvalue weighted by atomic mass is 10.1. The Bertz CT molecular complexity index is 542. The van der Waals surface area contributed by atoms with Crippen molar-refractivity contribution < 1.29 is 4.74 Å². The van der Waals surface area contributed by atoms with Crippen LogP contribution in [0.5, 0.6) is 5.75 Å². The zero-order valence-electron chi connectivity index (χ0n) is 11.8. The third kappa shape index (κ3) is 3.32. The van der Waals surface area contributed by atoms with Gasteiger partial charge in [-0.2, -0.15) is 5.10 Å². The van der Waals surface area contributed by atoms with E-state index >= 15 is 0 Å². The average Bonchev–Trinajstić information content (AvgIpc) is 2.83. The van der Waals surface area contributed by atoms with Crippen LogP contribution in [0.4, 0.5) is 0 Å². The van der Waals surface area contributed by atoms with Crippen molar-refractivity contribution in [2.75, 3.05) is 7.11 Å². The third-order valence-electron chi connectivity index (χ3n) is 2.71. The Labute approximate surface area is 113 Å². The number of aromatic nitrogens is 3. The Morgan fingerprint density at radius 2 is 2.00 bits per heavy atom. The van der Waals surface area contributed by atoms with Gasteiger partial charge in [0.2, 0.25) is 0 Å². The predicted molar refractivity (Wildman–Crippen MR) is 74.5 cm³/mol. The van der Waals surface area contributed by atoms with Gasteiger partial charge in [-0.05, 0) is 32.9 Å². The highest BCUT2D eigenvalue weighted by Gasteiger charge is 2.14. The van der Waals surface area contributed by atoms with Crippen molar-refractivity contribution in [1.82, 2.24) is 20.1 Å². The fourth-order valence-electron chi connectivity index (χ4n) is 1.74. The summed E-state index contributed by atoms with van der Waals surface area (Å²) in [6.45, 7) is 7.02. The van der Waals surface area contributed by atoms with Crippen molar-refractivity contribution in [3.8, 4) is 11.4 Å². The second-order valence-electron chi connectivity index (χ2n) is 5.36. The first-order chi connectivity index (χ1) is 9.01. The number of rotatable bonds is 4. The van der Waals surface area contributed by atoms with Crippen LogP contribution in [0.2, 0.25) is 0 Å². The molecule has 0 bridgehead atoms. The summed E-state index contributed by atoms with van der Waals surface area (Å²) in [4.78, 5) is 4.30. The predicted octanol–water partition coefficient (Wildman–Crippen LogP) is 2.16. The van der Waals surface area contributed by atoms with Crippen molar-refractivity contribution in [3.05, 3.63) is 36.4 Å². The molecule has 0 unspecified atom stereocenters. The minimum Gasteiger partial charge on any atom is -0.494 e. The van der Waals surface area contributed by atoms with Crippen molar-refractivity contribution in [2.45, 2.75) is 32.9 Å². The molecule has 0 aliphatic rings. The van der Waals surface area contributed by atoms with Crippen molar-refractivity contribution in [2.24, 2.45) is 0 Å². The molecule has 0 atom stereocenters. The zero-order valence-corrected chi connectivity index (χ0v) is 11.8. The summed E-state index contributed by atoms with van der Waals surface area (Å²) in [5.41, 5.74) is 0.936. The van der Waals surface area contributed by atoms with E-state index in [0.29, 0.717) is 6.54 Å². The standard InChI is InChI=1S/C14H20N4O/c1-14(2,3)16-9-13-15-10-17-18(13)11-7-5-6-8-12(11)19-4/h5-8,10,16H,9H2,1-4H3. The normalized spacial score (nSPS) is 11.6. The fraction of sp³-hybridized carbons (Fsp3) is 0.429. The second kappa shape index (κ2) is 5.40. The molecule has 102 valence electrons. The molecule has 2 aromatic rings. The van der Waals surface area contributed by atoms with Crippen molar-refractivity contribution in [3.63, 3.8) is 0 Å². The highest BCUT2D eigenvalue weighted by molar-refractivity contribution is 5.46. The van der Waals surface area contributed by atoms with E-state index in [9.17, 15) is 0 Å². The average molecular weight is 260 g/mol. The maximum Gasteiger partial charge on any atom is 0.146 e. The van der Waals surface area contributed by atoms with Crippen molar-refractivity contribution >= 4 is 0 Å². The SMILES string of the molecule is COc1ccccc1-n1ncnc1CNC(C)(C)C. The molecule has 5 heteroatoms. The molecule has 1 aromatic carbocycles. The Morgan fingerprint density at radius 3 is 2.68 bits per heavy atom. The van der Waals surface area contributed by atoms with Crippen LogP contribution in [-0.2, 0) is 6.54 Å². The lowest BCUT2D eigenvalue weighted by molar-refractivity contribution is 0.405. The molecule has 2 rings (SSSR count). The third-order valence-corrected chi connectivity index (χ3v) is 2.71. The van der Waals surface area contributed by atoms with E-state index in [1.54, 1.807) is 18.1 Å². The number of benzene rings is 1. The monoisotopic (exact) mass is 260 g/mol. The Kier molecular flexibility index (Phi) is 3.85. The maximum atomic E-state index is 5.36. The fourth-order valence-corrected chi connectivity index (χ4v) is 1.74. The van der Waals surface area contributed by atoms with Crippen LogP contribution in [0.3, 0.4) is 0 Å². The zero-order chi connectivity index (χ0) is 13.9. The molecule has 5 nitrogen and oxygen atoms in total. The number of nitrogens with zero attached hydrogens (tertiary/aromatic N) is 3. The molecule has 0 saturated carbocycles. The van der Waals surface area contributed by atoms with E-state index in [1.807, 2.05) is 24.3 Å². The van der Waals surface area contributed by atoms with Crippen LogP contribution in [0, 0.1) is 0 Å². The number of hydrogen-bond acceptors (Lipinski definition) is 4. The van der Waals surface area contributed by atoms with Crippen molar-refractivity contribution in [1.29, 1.82) is 0 Å². The largest absolute Gasteiger partial charge is 0.494 e. The Morgan fingerprint density at radius 1 is 1.26 bits per heavy atom. The highest BCUT2D eigenvalue weighted by Crippen LogP contribution is 2.22. The van der Waals surface area contributed by atoms with Gasteiger partial charge in [-0.25, -0.2) is 9.67 Å². The van der Waals surface area contributed by atoms with Crippen LogP contribution >= 0.6 is 0 Å². The van der Waals surface area contributed by atoms with Gasteiger partial charge in [0.05, 0.1) is 13.7 Å². The second-order valence-corrected chi connectivity index (χ2v) is 5.36. The molecular formula is C14H20N4O. The molecule has 0 amide bonds. The molecule has 0 spiro atoms. The number of hydrogen-bond donors (Lipinski definition) is 1. The number of methoxy groups -OCH3 is 1. The van der Waals surface area contributed by atoms with Gasteiger partial charge in [-0.3, -0.25) is 0 Å². The van der Waals surface area contributed by atoms with Gasteiger partial charge < -0.3 is 10.1 Å². The van der Waals surface area contributed by atoms with E-state index in [-0.39, 0.29) is 5.54 Å². The van der Waals surface area contributed by atoms with Gasteiger partial charge in [0, 0.05) is 5.54 Å². The first-order valence-corrected chi connectivity index (χ1v) is 6.28. The van der Waals surface area contributed by atoms with E-state index in [2.05, 4.69) is 36.2 Å². The van der Waals surface area contributed by atoms with Crippen LogP contribution in [0.1, 0.15) is 26.6 Å². The van der Waals surface area contributed by atoms with E-state index < -0.39 is 0 Å². The van der Waals surface area contributed by atoms with Gasteiger partial charge in [0.1, 0.15) is 23.6 Å². The Balaban J connectivity index is 2.29. The Hall–Kier alpha value is -1.88. The van der Waals surface area contributed by atoms with E-state index in [4.69, 9.17) is 4.74 Å². The summed E-state index contributed by atoms with van der Waals surface area (Å²) < 4.78 is 7.16. The van der Waals surface area contributed by atoms with E-state index in [0.717, 1.165) is 17.3 Å². The number of nitrogens with one attached hydrogen (secondary N) is 1. The van der Waals surface area contributed by atoms with Crippen LogP contribution in [0.25, 0.3) is 5.69 Å². The summed E-state index contributed by atoms with van der Waals surface area (Å²) in [5, 5.41) is 7.69. The molecular weight excluding hydrogens is 240 g/mol. The molecule has 1 heterocycles. The highest BCUT2D eigenvalue weighted by atomic mass is 16.5. The summed E-state index contributed by atoms with van der Waals surface area (Å²) in [6.07, 6.45) is 1.56. The first-order valence-electron chi connectivity index (χ1n) is 6.28. The molecule has 0 aliphatic carbocycles. The van der Waals surface area contributed by atoms with Crippen LogP contribution in [0.15, 0.2) is 30.6 Å². The minimum absolute atomic E-state index is 0.0392. The summed E-state index contributed by atoms with van der Waals surface area (Å²) in [5.74, 6) is 1.64. The minimum atomic E-state index is 0.0392. The van der Waals surface area contributed by atoms with E-state index in [1.165, 1.54) is 0 Å². The van der Waals surface area contributed by atoms with Crippen LogP contribution < -0.4 is 10.1 Å². The first kappa shape index (κ1) is 13.5. The smallest absolute Gasteiger partial charge is 0.146 e. The quantitative estimate of drug-likeness (QED) is 0.915. The van der Waals surface area contributed by atoms with Gasteiger partial charge in [-0.15, -0.1) is 0 Å². The molecule has 0 saturated heterocycles. The molecule has 19 heavy (non-hydrogen) atoms. The van der Waals surface area contributed by atoms with Crippen LogP contribution in [-0.4, -0.2) is 27.4 Å². The van der Waals surface area contributed by atoms with Gasteiger partial charge >= 0.3 is 0 Å². The number of ether oxygens (including phenoxy) is 1.